The van der Waals surface area contributed by atoms with E-state index in [9.17, 15) is 9.36 Å². The monoisotopic (exact) mass is 354 g/mol. The highest BCUT2D eigenvalue weighted by Crippen LogP contribution is 2.63. The SMILES string of the molecule is CC(C)OP(=O)(OC(C)C)C(OC(=O)CCl)c1cccs1. The number of thiophene rings is 1. The Balaban J connectivity index is 3.16. The van der Waals surface area contributed by atoms with Crippen molar-refractivity contribution in [3.63, 3.8) is 0 Å². The van der Waals surface area contributed by atoms with E-state index in [2.05, 4.69) is 0 Å². The Morgan fingerprint density at radius 2 is 1.86 bits per heavy atom. The van der Waals surface area contributed by atoms with Crippen molar-refractivity contribution in [3.05, 3.63) is 22.4 Å². The molecule has 0 radical (unpaired) electrons. The van der Waals surface area contributed by atoms with Crippen molar-refractivity contribution >= 4 is 36.5 Å². The van der Waals surface area contributed by atoms with Crippen LogP contribution in [-0.2, 0) is 23.1 Å². The van der Waals surface area contributed by atoms with Gasteiger partial charge < -0.3 is 13.8 Å². The van der Waals surface area contributed by atoms with Crippen LogP contribution < -0.4 is 0 Å². The van der Waals surface area contributed by atoms with E-state index in [0.29, 0.717) is 4.88 Å². The summed E-state index contributed by atoms with van der Waals surface area (Å²) < 4.78 is 29.4. The van der Waals surface area contributed by atoms with E-state index in [1.807, 2.05) is 0 Å². The molecule has 0 aliphatic carbocycles. The fourth-order valence-electron chi connectivity index (χ4n) is 1.59. The summed E-state index contributed by atoms with van der Waals surface area (Å²) in [5.41, 5.74) is 0. The molecule has 1 atom stereocenters. The van der Waals surface area contributed by atoms with E-state index in [0.717, 1.165) is 0 Å². The fourth-order valence-corrected chi connectivity index (χ4v) is 4.95. The van der Waals surface area contributed by atoms with Crippen LogP contribution in [0, 0.1) is 0 Å². The maximum Gasteiger partial charge on any atom is 0.376 e. The standard InChI is InChI=1S/C13H20ClO5PS/c1-9(2)18-20(16,19-10(3)4)13(17-12(15)8-14)11-6-5-7-21-11/h5-7,9-10,13H,8H2,1-4H3. The maximum absolute atomic E-state index is 13.1. The number of ether oxygens (including phenoxy) is 1. The number of carbonyl (C=O) groups excluding carboxylic acids is 1. The van der Waals surface area contributed by atoms with Gasteiger partial charge in [-0.3, -0.25) is 9.36 Å². The molecular formula is C13H20ClO5PS. The van der Waals surface area contributed by atoms with Crippen LogP contribution in [0.25, 0.3) is 0 Å². The van der Waals surface area contributed by atoms with E-state index >= 15 is 0 Å². The second kappa shape index (κ2) is 8.30. The summed E-state index contributed by atoms with van der Waals surface area (Å²) in [7, 11) is -3.69. The summed E-state index contributed by atoms with van der Waals surface area (Å²) >= 11 is 6.79. The molecule has 0 bridgehead atoms. The second-order valence-electron chi connectivity index (χ2n) is 4.84. The Morgan fingerprint density at radius 3 is 2.24 bits per heavy atom. The van der Waals surface area contributed by atoms with Crippen LogP contribution in [0.5, 0.6) is 0 Å². The van der Waals surface area contributed by atoms with Gasteiger partial charge in [0.15, 0.2) is 0 Å². The molecule has 0 aliphatic rings. The van der Waals surface area contributed by atoms with Crippen molar-refractivity contribution < 1.29 is 23.1 Å². The molecule has 0 spiro atoms. The van der Waals surface area contributed by atoms with Gasteiger partial charge in [-0.15, -0.1) is 22.9 Å². The van der Waals surface area contributed by atoms with Gasteiger partial charge in [-0.1, -0.05) is 6.07 Å². The van der Waals surface area contributed by atoms with Crippen LogP contribution in [0.2, 0.25) is 0 Å². The Kier molecular flexibility index (Phi) is 7.37. The summed E-state index contributed by atoms with van der Waals surface area (Å²) in [4.78, 5) is 12.1. The van der Waals surface area contributed by atoms with E-state index in [-0.39, 0.29) is 18.1 Å². The molecule has 0 N–H and O–H groups in total. The van der Waals surface area contributed by atoms with Crippen molar-refractivity contribution in [2.75, 3.05) is 5.88 Å². The molecule has 0 aliphatic heterocycles. The average Bonchev–Trinajstić information content (AvgIpc) is 2.86. The molecular weight excluding hydrogens is 335 g/mol. The molecule has 5 nitrogen and oxygen atoms in total. The first-order valence-corrected chi connectivity index (χ1v) is 9.56. The fraction of sp³-hybridized carbons (Fsp3) is 0.615. The second-order valence-corrected chi connectivity index (χ2v) is 8.06. The Bertz CT molecular complexity index is 475. The number of rotatable bonds is 8. The minimum Gasteiger partial charge on any atom is -0.443 e. The van der Waals surface area contributed by atoms with Crippen molar-refractivity contribution in [1.82, 2.24) is 0 Å². The zero-order valence-corrected chi connectivity index (χ0v) is 14.9. The number of alkyl halides is 1. The smallest absolute Gasteiger partial charge is 0.376 e. The Labute approximate surface area is 134 Å². The third-order valence-electron chi connectivity index (χ3n) is 2.14. The van der Waals surface area contributed by atoms with E-state index in [1.54, 1.807) is 45.2 Å². The predicted octanol–water partition coefficient (Wildman–Crippen LogP) is 4.57. The lowest BCUT2D eigenvalue weighted by molar-refractivity contribution is -0.143. The average molecular weight is 355 g/mol. The molecule has 0 saturated carbocycles. The normalized spacial score (nSPS) is 13.7. The highest BCUT2D eigenvalue weighted by molar-refractivity contribution is 7.54. The largest absolute Gasteiger partial charge is 0.443 e. The van der Waals surface area contributed by atoms with Crippen LogP contribution in [0.3, 0.4) is 0 Å². The van der Waals surface area contributed by atoms with Crippen LogP contribution in [-0.4, -0.2) is 24.1 Å². The molecule has 0 amide bonds. The zero-order valence-electron chi connectivity index (χ0n) is 12.4. The number of halogens is 1. The Morgan fingerprint density at radius 1 is 1.29 bits per heavy atom. The van der Waals surface area contributed by atoms with E-state index in [1.165, 1.54) is 11.3 Å². The molecule has 1 unspecified atom stereocenters. The van der Waals surface area contributed by atoms with Gasteiger partial charge in [-0.05, 0) is 39.1 Å². The van der Waals surface area contributed by atoms with Crippen LogP contribution in [0.15, 0.2) is 17.5 Å². The highest BCUT2D eigenvalue weighted by atomic mass is 35.5. The third kappa shape index (κ3) is 5.72. The van der Waals surface area contributed by atoms with Crippen LogP contribution in [0.4, 0.5) is 0 Å². The molecule has 21 heavy (non-hydrogen) atoms. The molecule has 8 heteroatoms. The van der Waals surface area contributed by atoms with Gasteiger partial charge in [-0.2, -0.15) is 0 Å². The maximum atomic E-state index is 13.1. The molecule has 1 rings (SSSR count). The summed E-state index contributed by atoms with van der Waals surface area (Å²) in [6, 6.07) is 3.49. The van der Waals surface area contributed by atoms with Crippen LogP contribution in [0.1, 0.15) is 38.4 Å². The molecule has 1 aromatic heterocycles. The third-order valence-corrected chi connectivity index (χ3v) is 5.84. The molecule has 1 aromatic rings. The van der Waals surface area contributed by atoms with Gasteiger partial charge in [0.05, 0.1) is 17.1 Å². The quantitative estimate of drug-likeness (QED) is 0.388. The van der Waals surface area contributed by atoms with Gasteiger partial charge in [-0.25, -0.2) is 0 Å². The lowest BCUT2D eigenvalue weighted by atomic mass is 10.5. The van der Waals surface area contributed by atoms with E-state index < -0.39 is 19.4 Å². The summed E-state index contributed by atoms with van der Waals surface area (Å²) in [6.45, 7) is 6.97. The van der Waals surface area contributed by atoms with Crippen LogP contribution >= 0.6 is 30.5 Å². The molecule has 0 saturated heterocycles. The van der Waals surface area contributed by atoms with Crippen molar-refractivity contribution in [2.45, 2.75) is 45.7 Å². The Hall–Kier alpha value is -0.390. The molecule has 120 valence electrons. The topological polar surface area (TPSA) is 61.8 Å². The van der Waals surface area contributed by atoms with Crippen molar-refractivity contribution in [3.8, 4) is 0 Å². The summed E-state index contributed by atoms with van der Waals surface area (Å²) in [5, 5.41) is 1.80. The van der Waals surface area contributed by atoms with Gasteiger partial charge in [0, 0.05) is 0 Å². The van der Waals surface area contributed by atoms with E-state index in [4.69, 9.17) is 25.4 Å². The van der Waals surface area contributed by atoms with Crippen molar-refractivity contribution in [1.29, 1.82) is 0 Å². The van der Waals surface area contributed by atoms with Gasteiger partial charge in [0.1, 0.15) is 5.88 Å². The lowest BCUT2D eigenvalue weighted by Crippen LogP contribution is -2.18. The highest BCUT2D eigenvalue weighted by Gasteiger charge is 2.42. The lowest BCUT2D eigenvalue weighted by Gasteiger charge is -2.28. The number of hydrogen-bond donors (Lipinski definition) is 0. The van der Waals surface area contributed by atoms with Gasteiger partial charge >= 0.3 is 13.6 Å². The van der Waals surface area contributed by atoms with Gasteiger partial charge in [0.2, 0.25) is 5.85 Å². The predicted molar refractivity (Wildman–Crippen MR) is 83.9 cm³/mol. The first-order chi connectivity index (χ1) is 9.78. The molecule has 0 fully saturated rings. The first-order valence-electron chi connectivity index (χ1n) is 6.54. The summed E-state index contributed by atoms with van der Waals surface area (Å²) in [5.74, 6) is -2.10. The minimum atomic E-state index is -3.69. The van der Waals surface area contributed by atoms with Crippen molar-refractivity contribution in [2.24, 2.45) is 0 Å². The molecule has 0 aromatic carbocycles. The molecule has 1 heterocycles. The minimum absolute atomic E-state index is 0.328. The zero-order chi connectivity index (χ0) is 16.0. The van der Waals surface area contributed by atoms with Gasteiger partial charge in [0.25, 0.3) is 0 Å². The summed E-state index contributed by atoms with van der Waals surface area (Å²) in [6.07, 6.45) is -0.682. The number of esters is 1. The number of hydrogen-bond acceptors (Lipinski definition) is 6. The first kappa shape index (κ1) is 18.7. The number of carbonyl (C=O) groups is 1.